The molecule has 0 aliphatic rings. The van der Waals surface area contributed by atoms with Crippen LogP contribution < -0.4 is 0 Å². The molecule has 5 heteroatoms. The molecule has 1 aromatic carbocycles. The van der Waals surface area contributed by atoms with E-state index >= 15 is 0 Å². The van der Waals surface area contributed by atoms with Gasteiger partial charge in [-0.3, -0.25) is 4.89 Å². The van der Waals surface area contributed by atoms with Crippen LogP contribution in [0.25, 0.3) is 0 Å². The molecule has 0 aliphatic carbocycles. The average Bonchev–Trinajstić information content (AvgIpc) is 2.40. The minimum absolute atomic E-state index is 0.473. The molecule has 0 fully saturated rings. The van der Waals surface area contributed by atoms with Crippen molar-refractivity contribution in [1.29, 1.82) is 0 Å². The van der Waals surface area contributed by atoms with Crippen molar-refractivity contribution in [1.82, 2.24) is 0 Å². The topological polar surface area (TPSA) is 54.0 Å². The Hall–Kier alpha value is -1.43. The maximum atomic E-state index is 11.9. The van der Waals surface area contributed by atoms with Crippen LogP contribution in [-0.2, 0) is 26.3 Å². The maximum absolute atomic E-state index is 11.9. The van der Waals surface area contributed by atoms with Gasteiger partial charge in [0.25, 0.3) is 0 Å². The summed E-state index contributed by atoms with van der Waals surface area (Å²) >= 11 is 0. The SMILES string of the molecule is CCCCc1ccccc1C(=O)OOOOC(C)(C)C. The molecule has 0 bridgehead atoms. The Morgan fingerprint density at radius 3 is 2.50 bits per heavy atom. The van der Waals surface area contributed by atoms with Crippen molar-refractivity contribution in [2.24, 2.45) is 0 Å². The number of carbonyl (C=O) groups is 1. The minimum Gasteiger partial charge on any atom is -0.261 e. The summed E-state index contributed by atoms with van der Waals surface area (Å²) in [6.45, 7) is 7.43. The van der Waals surface area contributed by atoms with Gasteiger partial charge >= 0.3 is 5.97 Å². The Kier molecular flexibility index (Phi) is 6.64. The lowest BCUT2D eigenvalue weighted by Crippen LogP contribution is -2.20. The Bertz CT molecular complexity index is 423. The van der Waals surface area contributed by atoms with Gasteiger partial charge in [0.05, 0.1) is 11.2 Å². The number of unbranched alkanes of at least 4 members (excludes halogenated alkanes) is 1. The Morgan fingerprint density at radius 2 is 1.85 bits per heavy atom. The summed E-state index contributed by atoms with van der Waals surface area (Å²) in [5.74, 6) is -0.603. The van der Waals surface area contributed by atoms with Crippen LogP contribution in [0.1, 0.15) is 56.5 Å². The van der Waals surface area contributed by atoms with Gasteiger partial charge in [-0.25, -0.2) is 4.79 Å². The zero-order chi connectivity index (χ0) is 15.0. The Morgan fingerprint density at radius 1 is 1.15 bits per heavy atom. The van der Waals surface area contributed by atoms with Gasteiger partial charge in [-0.15, -0.1) is 0 Å². The third-order valence-electron chi connectivity index (χ3n) is 2.46. The monoisotopic (exact) mass is 282 g/mol. The predicted octanol–water partition coefficient (Wildman–Crippen LogP) is 3.78. The quantitative estimate of drug-likeness (QED) is 0.433. The van der Waals surface area contributed by atoms with E-state index in [1.54, 1.807) is 32.9 Å². The van der Waals surface area contributed by atoms with Crippen molar-refractivity contribution < 1.29 is 24.6 Å². The summed E-state index contributed by atoms with van der Waals surface area (Å²) in [6, 6.07) is 7.26. The molecule has 0 aromatic heterocycles. The van der Waals surface area contributed by atoms with Crippen LogP contribution in [0, 0.1) is 0 Å². The van der Waals surface area contributed by atoms with Crippen molar-refractivity contribution in [2.75, 3.05) is 0 Å². The van der Waals surface area contributed by atoms with E-state index in [2.05, 4.69) is 21.9 Å². The van der Waals surface area contributed by atoms with E-state index in [0.717, 1.165) is 24.8 Å². The van der Waals surface area contributed by atoms with E-state index in [9.17, 15) is 4.79 Å². The Balaban J connectivity index is 2.50. The third-order valence-corrected chi connectivity index (χ3v) is 2.46. The lowest BCUT2D eigenvalue weighted by atomic mass is 10.0. The molecule has 5 nitrogen and oxygen atoms in total. The molecule has 0 heterocycles. The number of rotatable bonds is 7. The summed E-state index contributed by atoms with van der Waals surface area (Å²) in [7, 11) is 0. The largest absolute Gasteiger partial charge is 0.376 e. The normalized spacial score (nSPS) is 11.4. The van der Waals surface area contributed by atoms with Crippen molar-refractivity contribution in [3.63, 3.8) is 0 Å². The molecule has 0 saturated heterocycles. The first kappa shape index (κ1) is 16.6. The van der Waals surface area contributed by atoms with Gasteiger partial charge in [-0.2, -0.15) is 4.89 Å². The van der Waals surface area contributed by atoms with E-state index in [-0.39, 0.29) is 0 Å². The number of hydrogen-bond donors (Lipinski definition) is 0. The van der Waals surface area contributed by atoms with Gasteiger partial charge < -0.3 is 0 Å². The van der Waals surface area contributed by atoms with Crippen LogP contribution >= 0.6 is 0 Å². The fourth-order valence-corrected chi connectivity index (χ4v) is 1.51. The molecule has 0 saturated carbocycles. The fourth-order valence-electron chi connectivity index (χ4n) is 1.51. The van der Waals surface area contributed by atoms with Gasteiger partial charge in [-0.05, 0) is 50.3 Å². The molecule has 0 N–H and O–H groups in total. The highest BCUT2D eigenvalue weighted by Crippen LogP contribution is 2.14. The van der Waals surface area contributed by atoms with Crippen LogP contribution in [0.2, 0.25) is 0 Å². The van der Waals surface area contributed by atoms with Crippen molar-refractivity contribution in [3.05, 3.63) is 35.4 Å². The molecule has 0 unspecified atom stereocenters. The number of aryl methyl sites for hydroxylation is 1. The highest BCUT2D eigenvalue weighted by molar-refractivity contribution is 5.90. The highest BCUT2D eigenvalue weighted by Gasteiger charge is 2.16. The van der Waals surface area contributed by atoms with Gasteiger partial charge in [0.1, 0.15) is 0 Å². The van der Waals surface area contributed by atoms with E-state index in [4.69, 9.17) is 4.89 Å². The first-order valence-corrected chi connectivity index (χ1v) is 6.75. The average molecular weight is 282 g/mol. The molecule has 0 amide bonds. The van der Waals surface area contributed by atoms with Crippen LogP contribution in [-0.4, -0.2) is 11.6 Å². The zero-order valence-electron chi connectivity index (χ0n) is 12.5. The molecule has 0 aliphatic heterocycles. The maximum Gasteiger partial charge on any atom is 0.376 e. The summed E-state index contributed by atoms with van der Waals surface area (Å²) < 4.78 is 0. The third kappa shape index (κ3) is 6.14. The van der Waals surface area contributed by atoms with Crippen molar-refractivity contribution >= 4 is 5.97 Å². The predicted molar refractivity (Wildman–Crippen MR) is 73.5 cm³/mol. The number of carbonyl (C=O) groups excluding carboxylic acids is 1. The van der Waals surface area contributed by atoms with E-state index in [1.807, 2.05) is 12.1 Å². The first-order chi connectivity index (χ1) is 9.44. The molecule has 112 valence electrons. The minimum atomic E-state index is -0.603. The summed E-state index contributed by atoms with van der Waals surface area (Å²) in [6.07, 6.45) is 2.89. The van der Waals surface area contributed by atoms with Gasteiger partial charge in [0.15, 0.2) is 0 Å². The summed E-state index contributed by atoms with van der Waals surface area (Å²) in [5, 5.41) is 8.68. The highest BCUT2D eigenvalue weighted by atomic mass is 17.7. The molecule has 1 aromatic rings. The zero-order valence-corrected chi connectivity index (χ0v) is 12.5. The van der Waals surface area contributed by atoms with Gasteiger partial charge in [0, 0.05) is 5.04 Å². The lowest BCUT2D eigenvalue weighted by Gasteiger charge is -2.15. The second-order valence-corrected chi connectivity index (χ2v) is 5.46. The first-order valence-electron chi connectivity index (χ1n) is 6.75. The van der Waals surface area contributed by atoms with Crippen molar-refractivity contribution in [3.8, 4) is 0 Å². The lowest BCUT2D eigenvalue weighted by molar-refractivity contribution is -0.631. The Labute approximate surface area is 119 Å². The van der Waals surface area contributed by atoms with Crippen LogP contribution in [0.15, 0.2) is 24.3 Å². The van der Waals surface area contributed by atoms with Gasteiger partial charge in [-0.1, -0.05) is 31.5 Å². The van der Waals surface area contributed by atoms with E-state index in [1.165, 1.54) is 0 Å². The smallest absolute Gasteiger partial charge is 0.261 e. The molecule has 20 heavy (non-hydrogen) atoms. The molecule has 0 atom stereocenters. The second kappa shape index (κ2) is 7.99. The molecule has 1 rings (SSSR count). The van der Waals surface area contributed by atoms with Crippen LogP contribution in [0.4, 0.5) is 0 Å². The van der Waals surface area contributed by atoms with E-state index < -0.39 is 11.6 Å². The molecule has 0 spiro atoms. The molecular weight excluding hydrogens is 260 g/mol. The van der Waals surface area contributed by atoms with E-state index in [0.29, 0.717) is 5.56 Å². The molecule has 0 radical (unpaired) electrons. The summed E-state index contributed by atoms with van der Waals surface area (Å²) in [5.41, 5.74) is 0.853. The molecular formula is C15H22O5. The number of hydrogen-bond acceptors (Lipinski definition) is 5. The summed E-state index contributed by atoms with van der Waals surface area (Å²) in [4.78, 5) is 21.2. The standard InChI is InChI=1S/C15H22O5/c1-5-6-9-12-10-7-8-11-13(12)14(16)17-19-20-18-15(2,3)4/h7-8,10-11H,5-6,9H2,1-4H3. The second-order valence-electron chi connectivity index (χ2n) is 5.46. The van der Waals surface area contributed by atoms with Crippen LogP contribution in [0.3, 0.4) is 0 Å². The number of benzene rings is 1. The van der Waals surface area contributed by atoms with Crippen molar-refractivity contribution in [2.45, 2.75) is 52.6 Å². The fraction of sp³-hybridized carbons (Fsp3) is 0.533. The van der Waals surface area contributed by atoms with Crippen LogP contribution in [0.5, 0.6) is 0 Å². The van der Waals surface area contributed by atoms with Gasteiger partial charge in [0.2, 0.25) is 0 Å².